The van der Waals surface area contributed by atoms with E-state index in [0.717, 1.165) is 12.8 Å². The minimum atomic E-state index is -0.272. The summed E-state index contributed by atoms with van der Waals surface area (Å²) in [6, 6.07) is 5.08. The monoisotopic (exact) mass is 278 g/mol. The van der Waals surface area contributed by atoms with Crippen LogP contribution >= 0.6 is 0 Å². The molecule has 1 aliphatic carbocycles. The lowest BCUT2D eigenvalue weighted by molar-refractivity contribution is -0.125. The maximum absolute atomic E-state index is 11.7. The highest BCUT2D eigenvalue weighted by Crippen LogP contribution is 2.30. The van der Waals surface area contributed by atoms with Crippen LogP contribution in [0, 0.1) is 5.92 Å². The van der Waals surface area contributed by atoms with E-state index in [0.29, 0.717) is 17.2 Å². The van der Waals surface area contributed by atoms with E-state index < -0.39 is 0 Å². The number of nitrogens with one attached hydrogen (secondary N) is 2. The van der Waals surface area contributed by atoms with Gasteiger partial charge in [0.25, 0.3) is 0 Å². The minimum Gasteiger partial charge on any atom is -0.493 e. The molecule has 0 unspecified atom stereocenters. The van der Waals surface area contributed by atoms with Gasteiger partial charge in [0.15, 0.2) is 11.5 Å². The molecule has 1 aromatic carbocycles. The molecule has 0 heterocycles. The molecule has 20 heavy (non-hydrogen) atoms. The molecule has 1 aromatic rings. The summed E-state index contributed by atoms with van der Waals surface area (Å²) in [6.45, 7) is -0.0241. The van der Waals surface area contributed by atoms with Crippen molar-refractivity contribution in [2.75, 3.05) is 26.1 Å². The van der Waals surface area contributed by atoms with Crippen molar-refractivity contribution < 1.29 is 19.1 Å². The number of ether oxygens (including phenoxy) is 2. The molecular weight excluding hydrogens is 260 g/mol. The Kier molecular flexibility index (Phi) is 4.45. The van der Waals surface area contributed by atoms with Gasteiger partial charge < -0.3 is 20.1 Å². The SMILES string of the molecule is COc1ccc(NC(=O)CNC(=O)C2CC2)cc1OC. The predicted molar refractivity (Wildman–Crippen MR) is 73.9 cm³/mol. The number of benzene rings is 1. The number of hydrogen-bond acceptors (Lipinski definition) is 4. The molecule has 0 radical (unpaired) electrons. The first-order valence-electron chi connectivity index (χ1n) is 6.43. The largest absolute Gasteiger partial charge is 0.493 e. The summed E-state index contributed by atoms with van der Waals surface area (Å²) in [6.07, 6.45) is 1.84. The number of methoxy groups -OCH3 is 2. The first-order valence-corrected chi connectivity index (χ1v) is 6.43. The fourth-order valence-corrected chi connectivity index (χ4v) is 1.78. The van der Waals surface area contributed by atoms with Crippen LogP contribution in [0.25, 0.3) is 0 Å². The Bertz CT molecular complexity index is 512. The number of hydrogen-bond donors (Lipinski definition) is 2. The van der Waals surface area contributed by atoms with Crippen molar-refractivity contribution >= 4 is 17.5 Å². The molecule has 2 amide bonds. The average Bonchev–Trinajstić information content (AvgIpc) is 3.29. The standard InChI is InChI=1S/C14H18N2O4/c1-19-11-6-5-10(7-12(11)20-2)16-13(17)8-15-14(18)9-3-4-9/h5-7,9H,3-4,8H2,1-2H3,(H,15,18)(H,16,17). The lowest BCUT2D eigenvalue weighted by atomic mass is 10.2. The summed E-state index contributed by atoms with van der Waals surface area (Å²) in [7, 11) is 3.07. The average molecular weight is 278 g/mol. The van der Waals surface area contributed by atoms with E-state index in [1.165, 1.54) is 7.11 Å². The molecule has 108 valence electrons. The van der Waals surface area contributed by atoms with Crippen LogP contribution in [0.5, 0.6) is 11.5 Å². The van der Waals surface area contributed by atoms with Crippen molar-refractivity contribution in [3.05, 3.63) is 18.2 Å². The van der Waals surface area contributed by atoms with E-state index in [1.54, 1.807) is 25.3 Å². The van der Waals surface area contributed by atoms with Gasteiger partial charge in [-0.05, 0) is 25.0 Å². The quantitative estimate of drug-likeness (QED) is 0.819. The smallest absolute Gasteiger partial charge is 0.243 e. The Morgan fingerprint density at radius 3 is 2.50 bits per heavy atom. The topological polar surface area (TPSA) is 76.7 Å². The zero-order valence-electron chi connectivity index (χ0n) is 11.6. The van der Waals surface area contributed by atoms with Gasteiger partial charge in [-0.3, -0.25) is 9.59 Å². The van der Waals surface area contributed by atoms with Crippen LogP contribution in [0.2, 0.25) is 0 Å². The number of amides is 2. The van der Waals surface area contributed by atoms with E-state index in [1.807, 2.05) is 0 Å². The summed E-state index contributed by atoms with van der Waals surface area (Å²) in [4.78, 5) is 23.1. The normalized spacial score (nSPS) is 13.5. The van der Waals surface area contributed by atoms with Crippen molar-refractivity contribution in [2.24, 2.45) is 5.92 Å². The molecule has 2 N–H and O–H groups in total. The number of carbonyl (C=O) groups excluding carboxylic acids is 2. The Morgan fingerprint density at radius 2 is 1.90 bits per heavy atom. The maximum Gasteiger partial charge on any atom is 0.243 e. The van der Waals surface area contributed by atoms with E-state index in [9.17, 15) is 9.59 Å². The van der Waals surface area contributed by atoms with Crippen molar-refractivity contribution in [3.63, 3.8) is 0 Å². The van der Waals surface area contributed by atoms with E-state index in [-0.39, 0.29) is 24.3 Å². The van der Waals surface area contributed by atoms with Crippen LogP contribution in [0.15, 0.2) is 18.2 Å². The number of carbonyl (C=O) groups is 2. The first-order chi connectivity index (χ1) is 9.63. The molecule has 2 rings (SSSR count). The highest BCUT2D eigenvalue weighted by Gasteiger charge is 2.29. The minimum absolute atomic E-state index is 0.0241. The van der Waals surface area contributed by atoms with Gasteiger partial charge in [0.1, 0.15) is 0 Å². The zero-order valence-corrected chi connectivity index (χ0v) is 11.6. The maximum atomic E-state index is 11.7. The van der Waals surface area contributed by atoms with Crippen LogP contribution in [0.1, 0.15) is 12.8 Å². The molecule has 1 aliphatic rings. The lowest BCUT2D eigenvalue weighted by Gasteiger charge is -2.11. The predicted octanol–water partition coefficient (Wildman–Crippen LogP) is 1.17. The summed E-state index contributed by atoms with van der Waals surface area (Å²) in [5, 5.41) is 5.30. The molecule has 1 saturated carbocycles. The molecule has 0 bridgehead atoms. The zero-order chi connectivity index (χ0) is 14.5. The van der Waals surface area contributed by atoms with Gasteiger partial charge in [0, 0.05) is 17.7 Å². The van der Waals surface area contributed by atoms with Crippen molar-refractivity contribution in [3.8, 4) is 11.5 Å². The molecule has 0 aromatic heterocycles. The molecule has 0 spiro atoms. The Labute approximate surface area is 117 Å². The first kappa shape index (κ1) is 14.2. The van der Waals surface area contributed by atoms with Crippen LogP contribution in [0.3, 0.4) is 0 Å². The Morgan fingerprint density at radius 1 is 1.20 bits per heavy atom. The molecule has 6 heteroatoms. The van der Waals surface area contributed by atoms with Gasteiger partial charge in [-0.15, -0.1) is 0 Å². The molecular formula is C14H18N2O4. The highest BCUT2D eigenvalue weighted by molar-refractivity contribution is 5.95. The molecule has 6 nitrogen and oxygen atoms in total. The summed E-state index contributed by atoms with van der Waals surface area (Å²) >= 11 is 0. The van der Waals surface area contributed by atoms with Gasteiger partial charge in [-0.25, -0.2) is 0 Å². The van der Waals surface area contributed by atoms with Crippen LogP contribution in [0.4, 0.5) is 5.69 Å². The summed E-state index contributed by atoms with van der Waals surface area (Å²) in [5.41, 5.74) is 0.591. The highest BCUT2D eigenvalue weighted by atomic mass is 16.5. The van der Waals surface area contributed by atoms with Gasteiger partial charge in [-0.2, -0.15) is 0 Å². The van der Waals surface area contributed by atoms with Crippen molar-refractivity contribution in [1.82, 2.24) is 5.32 Å². The van der Waals surface area contributed by atoms with Crippen molar-refractivity contribution in [2.45, 2.75) is 12.8 Å². The fraction of sp³-hybridized carbons (Fsp3) is 0.429. The Hall–Kier alpha value is -2.24. The van der Waals surface area contributed by atoms with E-state index >= 15 is 0 Å². The second kappa shape index (κ2) is 6.27. The summed E-state index contributed by atoms with van der Waals surface area (Å²) in [5.74, 6) is 0.905. The number of rotatable bonds is 6. The van der Waals surface area contributed by atoms with Gasteiger partial charge in [-0.1, -0.05) is 0 Å². The summed E-state index contributed by atoms with van der Waals surface area (Å²) < 4.78 is 10.3. The fourth-order valence-electron chi connectivity index (χ4n) is 1.78. The lowest BCUT2D eigenvalue weighted by Crippen LogP contribution is -2.33. The molecule has 0 saturated heterocycles. The second-order valence-corrected chi connectivity index (χ2v) is 4.61. The second-order valence-electron chi connectivity index (χ2n) is 4.61. The van der Waals surface area contributed by atoms with Gasteiger partial charge in [0.2, 0.25) is 11.8 Å². The van der Waals surface area contributed by atoms with E-state index in [2.05, 4.69) is 10.6 Å². The Balaban J connectivity index is 1.88. The molecule has 0 aliphatic heterocycles. The third kappa shape index (κ3) is 3.63. The van der Waals surface area contributed by atoms with Crippen LogP contribution in [-0.4, -0.2) is 32.6 Å². The third-order valence-corrected chi connectivity index (χ3v) is 3.04. The molecule has 1 fully saturated rings. The number of anilines is 1. The third-order valence-electron chi connectivity index (χ3n) is 3.04. The van der Waals surface area contributed by atoms with E-state index in [4.69, 9.17) is 9.47 Å². The van der Waals surface area contributed by atoms with Gasteiger partial charge >= 0.3 is 0 Å². The van der Waals surface area contributed by atoms with Crippen molar-refractivity contribution in [1.29, 1.82) is 0 Å². The van der Waals surface area contributed by atoms with Crippen LogP contribution in [-0.2, 0) is 9.59 Å². The van der Waals surface area contributed by atoms with Gasteiger partial charge in [0.05, 0.1) is 20.8 Å². The molecule has 0 atom stereocenters. The van der Waals surface area contributed by atoms with Crippen LogP contribution < -0.4 is 20.1 Å².